The molecule has 0 atom stereocenters. The number of pyridine rings is 1. The fourth-order valence-corrected chi connectivity index (χ4v) is 3.30. The lowest BCUT2D eigenvalue weighted by Crippen LogP contribution is -2.40. The van der Waals surface area contributed by atoms with Gasteiger partial charge in [0.15, 0.2) is 5.65 Å². The number of halogens is 1. The third-order valence-corrected chi connectivity index (χ3v) is 4.95. The zero-order valence-electron chi connectivity index (χ0n) is 12.2. The number of nitrogens with zero attached hydrogens (tertiary/aromatic N) is 3. The maximum atomic E-state index is 10.6. The predicted octanol–water partition coefficient (Wildman–Crippen LogP) is 3.24. The van der Waals surface area contributed by atoms with E-state index in [0.29, 0.717) is 12.5 Å². The zero-order valence-corrected chi connectivity index (χ0v) is 13.8. The van der Waals surface area contributed by atoms with Gasteiger partial charge in [0.25, 0.3) is 0 Å². The molecular weight excluding hydrogens is 332 g/mol. The average molecular weight is 353 g/mol. The minimum atomic E-state index is -0.621. The summed E-state index contributed by atoms with van der Waals surface area (Å²) in [5.41, 5.74) is 0.173. The number of aromatic nitrogens is 3. The molecule has 3 rings (SSSR count). The van der Waals surface area contributed by atoms with Crippen molar-refractivity contribution in [3.05, 3.63) is 22.8 Å². The van der Waals surface area contributed by atoms with Crippen molar-refractivity contribution >= 4 is 27.5 Å². The molecule has 2 heterocycles. The van der Waals surface area contributed by atoms with Crippen LogP contribution in [0.15, 0.2) is 22.8 Å². The molecule has 0 aromatic carbocycles. The second-order valence-corrected chi connectivity index (χ2v) is 6.93. The van der Waals surface area contributed by atoms with Crippen molar-refractivity contribution in [1.82, 2.24) is 14.6 Å². The van der Waals surface area contributed by atoms with E-state index in [-0.39, 0.29) is 0 Å². The minimum Gasteiger partial charge on any atom is -0.388 e. The SMILES string of the molecule is CCC1CCC(O)(CNc2nc3ccc(Br)cn3n2)CC1. The second-order valence-electron chi connectivity index (χ2n) is 6.02. The van der Waals surface area contributed by atoms with E-state index in [1.165, 1.54) is 6.42 Å². The van der Waals surface area contributed by atoms with Crippen LogP contribution in [0, 0.1) is 5.92 Å². The van der Waals surface area contributed by atoms with Crippen LogP contribution in [0.5, 0.6) is 0 Å². The quantitative estimate of drug-likeness (QED) is 0.886. The largest absolute Gasteiger partial charge is 0.388 e. The van der Waals surface area contributed by atoms with Gasteiger partial charge in [-0.2, -0.15) is 4.98 Å². The number of hydrogen-bond acceptors (Lipinski definition) is 4. The Kier molecular flexibility index (Phi) is 4.17. The molecule has 1 aliphatic carbocycles. The molecule has 0 unspecified atom stereocenters. The summed E-state index contributed by atoms with van der Waals surface area (Å²) in [4.78, 5) is 4.41. The second kappa shape index (κ2) is 5.93. The summed E-state index contributed by atoms with van der Waals surface area (Å²) >= 11 is 3.42. The van der Waals surface area contributed by atoms with Crippen molar-refractivity contribution in [2.75, 3.05) is 11.9 Å². The van der Waals surface area contributed by atoms with Gasteiger partial charge in [0.2, 0.25) is 5.95 Å². The summed E-state index contributed by atoms with van der Waals surface area (Å²) in [5.74, 6) is 1.34. The van der Waals surface area contributed by atoms with Crippen LogP contribution in [-0.2, 0) is 0 Å². The molecule has 0 bridgehead atoms. The van der Waals surface area contributed by atoms with E-state index in [1.807, 2.05) is 18.3 Å². The first-order valence-electron chi connectivity index (χ1n) is 7.56. The van der Waals surface area contributed by atoms with Gasteiger partial charge in [-0.15, -0.1) is 5.10 Å². The Labute approximate surface area is 132 Å². The molecular formula is C15H21BrN4O. The van der Waals surface area contributed by atoms with Crippen LogP contribution in [-0.4, -0.2) is 31.9 Å². The lowest BCUT2D eigenvalue weighted by molar-refractivity contribution is 0.00216. The molecule has 1 saturated carbocycles. The highest BCUT2D eigenvalue weighted by Gasteiger charge is 2.32. The predicted molar refractivity (Wildman–Crippen MR) is 86.4 cm³/mol. The van der Waals surface area contributed by atoms with Gasteiger partial charge in [0, 0.05) is 17.2 Å². The van der Waals surface area contributed by atoms with Crippen LogP contribution in [0.3, 0.4) is 0 Å². The Bertz CT molecular complexity index is 619. The van der Waals surface area contributed by atoms with Crippen LogP contribution in [0.4, 0.5) is 5.95 Å². The fourth-order valence-electron chi connectivity index (χ4n) is 2.98. The van der Waals surface area contributed by atoms with Gasteiger partial charge in [-0.3, -0.25) is 0 Å². The molecule has 0 spiro atoms. The standard InChI is InChI=1S/C15H21BrN4O/c1-2-11-5-7-15(21,8-6-11)10-17-14-18-13-4-3-12(16)9-20(13)19-14/h3-4,9,11,21H,2,5-8,10H2,1H3,(H,17,19). The minimum absolute atomic E-state index is 0.515. The summed E-state index contributed by atoms with van der Waals surface area (Å²) in [6, 6.07) is 3.84. The van der Waals surface area contributed by atoms with Crippen molar-refractivity contribution in [1.29, 1.82) is 0 Å². The number of nitrogens with one attached hydrogen (secondary N) is 1. The molecule has 1 aliphatic rings. The van der Waals surface area contributed by atoms with Gasteiger partial charge >= 0.3 is 0 Å². The van der Waals surface area contributed by atoms with E-state index >= 15 is 0 Å². The van der Waals surface area contributed by atoms with Crippen LogP contribution in [0.25, 0.3) is 5.65 Å². The maximum absolute atomic E-state index is 10.6. The first-order chi connectivity index (χ1) is 10.1. The number of anilines is 1. The van der Waals surface area contributed by atoms with E-state index in [4.69, 9.17) is 0 Å². The molecule has 0 aliphatic heterocycles. The molecule has 114 valence electrons. The van der Waals surface area contributed by atoms with Crippen LogP contribution < -0.4 is 5.32 Å². The van der Waals surface area contributed by atoms with E-state index in [0.717, 1.165) is 41.7 Å². The summed E-state index contributed by atoms with van der Waals surface area (Å²) in [7, 11) is 0. The Morgan fingerprint density at radius 1 is 1.43 bits per heavy atom. The summed E-state index contributed by atoms with van der Waals surface area (Å²) < 4.78 is 2.69. The van der Waals surface area contributed by atoms with E-state index in [9.17, 15) is 5.11 Å². The Hall–Kier alpha value is -1.14. The highest BCUT2D eigenvalue weighted by Crippen LogP contribution is 2.33. The Balaban J connectivity index is 1.63. The van der Waals surface area contributed by atoms with E-state index in [1.54, 1.807) is 4.52 Å². The van der Waals surface area contributed by atoms with Gasteiger partial charge in [0.1, 0.15) is 0 Å². The Morgan fingerprint density at radius 2 is 2.19 bits per heavy atom. The van der Waals surface area contributed by atoms with E-state index in [2.05, 4.69) is 38.3 Å². The van der Waals surface area contributed by atoms with Crippen molar-refractivity contribution in [2.24, 2.45) is 5.92 Å². The summed E-state index contributed by atoms with van der Waals surface area (Å²) in [6.45, 7) is 2.74. The smallest absolute Gasteiger partial charge is 0.243 e. The van der Waals surface area contributed by atoms with Gasteiger partial charge in [-0.05, 0) is 59.7 Å². The number of hydrogen-bond donors (Lipinski definition) is 2. The van der Waals surface area contributed by atoms with Crippen LogP contribution in [0.2, 0.25) is 0 Å². The molecule has 0 radical (unpaired) electrons. The monoisotopic (exact) mass is 352 g/mol. The molecule has 2 aromatic rings. The normalized spacial score (nSPS) is 26.1. The molecule has 6 heteroatoms. The Morgan fingerprint density at radius 3 is 2.90 bits per heavy atom. The average Bonchev–Trinajstić information content (AvgIpc) is 2.88. The summed E-state index contributed by atoms with van der Waals surface area (Å²) in [6.07, 6.45) is 7.02. The molecule has 1 fully saturated rings. The first kappa shape index (κ1) is 14.8. The molecule has 0 saturated heterocycles. The molecule has 21 heavy (non-hydrogen) atoms. The molecule has 2 aromatic heterocycles. The first-order valence-corrected chi connectivity index (χ1v) is 8.35. The highest BCUT2D eigenvalue weighted by molar-refractivity contribution is 9.10. The summed E-state index contributed by atoms with van der Waals surface area (Å²) in [5, 5.41) is 18.2. The number of aliphatic hydroxyl groups is 1. The van der Waals surface area contributed by atoms with Gasteiger partial charge in [0.05, 0.1) is 5.60 Å². The van der Waals surface area contributed by atoms with Crippen molar-refractivity contribution in [2.45, 2.75) is 44.6 Å². The maximum Gasteiger partial charge on any atom is 0.243 e. The lowest BCUT2D eigenvalue weighted by Gasteiger charge is -2.35. The molecule has 5 nitrogen and oxygen atoms in total. The zero-order chi connectivity index (χ0) is 14.9. The number of rotatable bonds is 4. The van der Waals surface area contributed by atoms with Crippen LogP contribution >= 0.6 is 15.9 Å². The van der Waals surface area contributed by atoms with Gasteiger partial charge in [-0.25, -0.2) is 4.52 Å². The third-order valence-electron chi connectivity index (χ3n) is 4.48. The highest BCUT2D eigenvalue weighted by atomic mass is 79.9. The third kappa shape index (κ3) is 3.37. The number of fused-ring (bicyclic) bond motifs is 1. The van der Waals surface area contributed by atoms with Crippen molar-refractivity contribution in [3.63, 3.8) is 0 Å². The van der Waals surface area contributed by atoms with Crippen molar-refractivity contribution < 1.29 is 5.11 Å². The van der Waals surface area contributed by atoms with E-state index < -0.39 is 5.60 Å². The van der Waals surface area contributed by atoms with Crippen LogP contribution in [0.1, 0.15) is 39.0 Å². The lowest BCUT2D eigenvalue weighted by atomic mass is 9.78. The fraction of sp³-hybridized carbons (Fsp3) is 0.600. The molecule has 0 amide bonds. The van der Waals surface area contributed by atoms with Gasteiger partial charge in [-0.1, -0.05) is 13.3 Å². The topological polar surface area (TPSA) is 62.5 Å². The van der Waals surface area contributed by atoms with Gasteiger partial charge < -0.3 is 10.4 Å². The van der Waals surface area contributed by atoms with Crippen molar-refractivity contribution in [3.8, 4) is 0 Å². The molecule has 2 N–H and O–H groups in total.